The van der Waals surface area contributed by atoms with Gasteiger partial charge in [-0.3, -0.25) is 14.5 Å². The monoisotopic (exact) mass is 551 g/mol. The third-order valence-electron chi connectivity index (χ3n) is 5.19. The molecule has 1 atom stereocenters. The second-order valence-electron chi connectivity index (χ2n) is 7.83. The maximum absolute atomic E-state index is 13.3. The number of hydrogen-bond acceptors (Lipinski definition) is 4. The minimum atomic E-state index is -4.59. The SMILES string of the molecule is O=C(CC1SC(=Nc2ccccc2)N(Cc2ccc(Cl)cc2)C1=O)Nc1cc(C(F)(F)F)ccc1Cl. The molecule has 1 fully saturated rings. The molecule has 5 nitrogen and oxygen atoms in total. The van der Waals surface area contributed by atoms with Gasteiger partial charge in [0.15, 0.2) is 5.17 Å². The molecule has 0 spiro atoms. The number of anilines is 1. The molecule has 0 radical (unpaired) electrons. The maximum atomic E-state index is 13.3. The number of nitrogens with zero attached hydrogens (tertiary/aromatic N) is 2. The van der Waals surface area contributed by atoms with Crippen molar-refractivity contribution in [1.82, 2.24) is 4.90 Å². The summed E-state index contributed by atoms with van der Waals surface area (Å²) < 4.78 is 39.2. The molecular weight excluding hydrogens is 534 g/mol. The third-order valence-corrected chi connectivity index (χ3v) is 6.95. The Labute approximate surface area is 219 Å². The van der Waals surface area contributed by atoms with Gasteiger partial charge in [-0.15, -0.1) is 0 Å². The Kier molecular flexibility index (Phi) is 7.92. The Morgan fingerprint density at radius 2 is 1.72 bits per heavy atom. The van der Waals surface area contributed by atoms with Gasteiger partial charge in [-0.1, -0.05) is 65.3 Å². The molecule has 1 unspecified atom stereocenters. The number of carbonyl (C=O) groups is 2. The van der Waals surface area contributed by atoms with Crippen LogP contribution in [0.25, 0.3) is 0 Å². The fraction of sp³-hybridized carbons (Fsp3) is 0.160. The van der Waals surface area contributed by atoms with E-state index in [1.54, 1.807) is 36.4 Å². The lowest BCUT2D eigenvalue weighted by molar-refractivity contribution is -0.137. The van der Waals surface area contributed by atoms with E-state index in [2.05, 4.69) is 10.3 Å². The van der Waals surface area contributed by atoms with Crippen molar-refractivity contribution in [3.63, 3.8) is 0 Å². The summed E-state index contributed by atoms with van der Waals surface area (Å²) in [5.74, 6) is -0.982. The molecule has 1 N–H and O–H groups in total. The normalized spacial score (nSPS) is 17.0. The zero-order chi connectivity index (χ0) is 25.9. The third kappa shape index (κ3) is 6.40. The fourth-order valence-electron chi connectivity index (χ4n) is 3.42. The van der Waals surface area contributed by atoms with Crippen LogP contribution in [0.5, 0.6) is 0 Å². The summed E-state index contributed by atoms with van der Waals surface area (Å²) in [5.41, 5.74) is 0.327. The van der Waals surface area contributed by atoms with Crippen molar-refractivity contribution in [2.75, 3.05) is 5.32 Å². The first kappa shape index (κ1) is 26.1. The highest BCUT2D eigenvalue weighted by molar-refractivity contribution is 8.15. The van der Waals surface area contributed by atoms with Crippen LogP contribution in [0.2, 0.25) is 10.0 Å². The van der Waals surface area contributed by atoms with Crippen molar-refractivity contribution in [3.05, 3.63) is 94.0 Å². The van der Waals surface area contributed by atoms with E-state index >= 15 is 0 Å². The molecule has 1 aliphatic rings. The highest BCUT2D eigenvalue weighted by Crippen LogP contribution is 2.35. The summed E-state index contributed by atoms with van der Waals surface area (Å²) in [5, 5.41) is 2.51. The number of aliphatic imine (C=N–C) groups is 1. The van der Waals surface area contributed by atoms with E-state index in [4.69, 9.17) is 23.2 Å². The van der Waals surface area contributed by atoms with E-state index in [9.17, 15) is 22.8 Å². The molecule has 1 heterocycles. The average molecular weight is 552 g/mol. The Hall–Kier alpha value is -3.01. The average Bonchev–Trinajstić information content (AvgIpc) is 3.10. The number of carbonyl (C=O) groups excluding carboxylic acids is 2. The second-order valence-corrected chi connectivity index (χ2v) is 9.85. The molecule has 1 aliphatic heterocycles. The number of halogens is 5. The molecule has 1 saturated heterocycles. The van der Waals surface area contributed by atoms with Crippen LogP contribution < -0.4 is 5.32 Å². The van der Waals surface area contributed by atoms with Crippen molar-refractivity contribution in [2.45, 2.75) is 24.4 Å². The number of thioether (sulfide) groups is 1. The van der Waals surface area contributed by atoms with Crippen LogP contribution in [0, 0.1) is 0 Å². The first-order valence-corrected chi connectivity index (χ1v) is 12.3. The quantitative estimate of drug-likeness (QED) is 0.353. The highest BCUT2D eigenvalue weighted by Gasteiger charge is 2.39. The van der Waals surface area contributed by atoms with Gasteiger partial charge in [-0.25, -0.2) is 4.99 Å². The van der Waals surface area contributed by atoms with Crippen LogP contribution >= 0.6 is 35.0 Å². The Bertz CT molecular complexity index is 1300. The van der Waals surface area contributed by atoms with Crippen LogP contribution in [0.3, 0.4) is 0 Å². The van der Waals surface area contributed by atoms with Gasteiger partial charge in [0, 0.05) is 11.4 Å². The van der Waals surface area contributed by atoms with Crippen LogP contribution in [0.1, 0.15) is 17.5 Å². The topological polar surface area (TPSA) is 61.8 Å². The van der Waals surface area contributed by atoms with Crippen molar-refractivity contribution in [1.29, 1.82) is 0 Å². The maximum Gasteiger partial charge on any atom is 0.416 e. The molecular formula is C25H18Cl2F3N3O2S. The molecule has 0 aliphatic carbocycles. The smallest absolute Gasteiger partial charge is 0.325 e. The predicted molar refractivity (Wildman–Crippen MR) is 137 cm³/mol. The van der Waals surface area contributed by atoms with Gasteiger partial charge in [0.25, 0.3) is 0 Å². The molecule has 3 aromatic rings. The van der Waals surface area contributed by atoms with Crippen LogP contribution in [-0.2, 0) is 22.3 Å². The molecule has 3 aromatic carbocycles. The Balaban J connectivity index is 1.54. The number of para-hydroxylation sites is 1. The predicted octanol–water partition coefficient (Wildman–Crippen LogP) is 7.17. The van der Waals surface area contributed by atoms with Crippen molar-refractivity contribution < 1.29 is 22.8 Å². The molecule has 2 amide bonds. The zero-order valence-corrected chi connectivity index (χ0v) is 20.8. The largest absolute Gasteiger partial charge is 0.416 e. The fourth-order valence-corrected chi connectivity index (χ4v) is 4.87. The number of hydrogen-bond donors (Lipinski definition) is 1. The van der Waals surface area contributed by atoms with Gasteiger partial charge in [0.2, 0.25) is 11.8 Å². The zero-order valence-electron chi connectivity index (χ0n) is 18.4. The minimum absolute atomic E-state index is 0.0440. The molecule has 0 bridgehead atoms. The summed E-state index contributed by atoms with van der Waals surface area (Å²) in [6.07, 6.45) is -4.87. The molecule has 11 heteroatoms. The van der Waals surface area contributed by atoms with E-state index in [1.807, 2.05) is 18.2 Å². The van der Waals surface area contributed by atoms with E-state index in [0.717, 1.165) is 35.5 Å². The standard InChI is InChI=1S/C25H18Cl2F3N3O2S/c26-17-9-6-15(7-10-17)14-33-23(35)21(36-24(33)31-18-4-2-1-3-5-18)13-22(34)32-20-12-16(25(28,29)30)8-11-19(20)27/h1-12,21H,13-14H2,(H,32,34). The first-order chi connectivity index (χ1) is 17.1. The molecule has 0 aromatic heterocycles. The van der Waals surface area contributed by atoms with Crippen molar-refractivity contribution in [3.8, 4) is 0 Å². The summed E-state index contributed by atoms with van der Waals surface area (Å²) in [6, 6.07) is 18.7. The minimum Gasteiger partial charge on any atom is -0.325 e. The summed E-state index contributed by atoms with van der Waals surface area (Å²) >= 11 is 13.1. The van der Waals surface area contributed by atoms with Gasteiger partial charge >= 0.3 is 6.18 Å². The summed E-state index contributed by atoms with van der Waals surface area (Å²) in [4.78, 5) is 32.0. The Morgan fingerprint density at radius 3 is 2.39 bits per heavy atom. The van der Waals surface area contributed by atoms with Gasteiger partial charge < -0.3 is 5.32 Å². The number of nitrogens with one attached hydrogen (secondary N) is 1. The number of alkyl halides is 3. The van der Waals surface area contributed by atoms with Crippen molar-refractivity contribution in [2.24, 2.45) is 4.99 Å². The van der Waals surface area contributed by atoms with E-state index < -0.39 is 22.9 Å². The van der Waals surface area contributed by atoms with Gasteiger partial charge in [0.05, 0.1) is 28.5 Å². The van der Waals surface area contributed by atoms with Crippen LogP contribution in [-0.4, -0.2) is 27.1 Å². The summed E-state index contributed by atoms with van der Waals surface area (Å²) in [6.45, 7) is 0.215. The van der Waals surface area contributed by atoms with Gasteiger partial charge in [0.1, 0.15) is 5.25 Å². The van der Waals surface area contributed by atoms with Crippen LogP contribution in [0.15, 0.2) is 77.8 Å². The number of amidine groups is 1. The molecule has 186 valence electrons. The molecule has 0 saturated carbocycles. The number of amides is 2. The number of benzene rings is 3. The van der Waals surface area contributed by atoms with Crippen molar-refractivity contribution >= 4 is 63.3 Å². The lowest BCUT2D eigenvalue weighted by atomic mass is 10.1. The Morgan fingerprint density at radius 1 is 1.03 bits per heavy atom. The van der Waals surface area contributed by atoms with Gasteiger partial charge in [-0.05, 0) is 48.0 Å². The summed E-state index contributed by atoms with van der Waals surface area (Å²) in [7, 11) is 0. The lowest BCUT2D eigenvalue weighted by Gasteiger charge is -2.17. The van der Waals surface area contributed by atoms with E-state index in [1.165, 1.54) is 4.90 Å². The van der Waals surface area contributed by atoms with E-state index in [0.29, 0.717) is 15.9 Å². The molecule has 4 rings (SSSR count). The lowest BCUT2D eigenvalue weighted by Crippen LogP contribution is -2.33. The second kappa shape index (κ2) is 10.9. The van der Waals surface area contributed by atoms with Crippen LogP contribution in [0.4, 0.5) is 24.5 Å². The molecule has 36 heavy (non-hydrogen) atoms. The van der Waals surface area contributed by atoms with E-state index in [-0.39, 0.29) is 29.6 Å². The van der Waals surface area contributed by atoms with Gasteiger partial charge in [-0.2, -0.15) is 13.2 Å². The number of rotatable bonds is 6. The first-order valence-electron chi connectivity index (χ1n) is 10.6. The highest BCUT2D eigenvalue weighted by atomic mass is 35.5.